The number of aromatic nitrogens is 6. The van der Waals surface area contributed by atoms with Crippen molar-refractivity contribution in [3.05, 3.63) is 60.3 Å². The minimum absolute atomic E-state index is 0. The zero-order valence-electron chi connectivity index (χ0n) is 27.9. The molecular weight excluding hydrogens is 646 g/mol. The number of carbonyl (C=O) groups is 2. The fourth-order valence-electron chi connectivity index (χ4n) is 6.59. The number of likely N-dealkylation sites (N-methyl/N-ethyl adjacent to an activating group) is 1. The number of anilines is 2. The summed E-state index contributed by atoms with van der Waals surface area (Å²) >= 11 is 0. The summed E-state index contributed by atoms with van der Waals surface area (Å²) in [5.41, 5.74) is 15.8. The maximum atomic E-state index is 14.2. The maximum Gasteiger partial charge on any atom is 0.240 e. The molecule has 49 heavy (non-hydrogen) atoms. The summed E-state index contributed by atoms with van der Waals surface area (Å²) in [4.78, 5) is 42.8. The van der Waals surface area contributed by atoms with E-state index in [0.29, 0.717) is 35.8 Å². The van der Waals surface area contributed by atoms with Gasteiger partial charge < -0.3 is 26.0 Å². The molecule has 5 N–H and O–H groups in total. The van der Waals surface area contributed by atoms with E-state index >= 15 is 0 Å². The average molecular weight is 690 g/mol. The van der Waals surface area contributed by atoms with Gasteiger partial charge in [0.25, 0.3) is 0 Å². The first kappa shape index (κ1) is 35.6. The maximum absolute atomic E-state index is 14.2. The number of hydrogen-bond donors (Lipinski definition) is 3. The van der Waals surface area contributed by atoms with Gasteiger partial charge in [0, 0.05) is 56.0 Å². The van der Waals surface area contributed by atoms with Crippen LogP contribution in [-0.2, 0) is 16.0 Å². The minimum Gasteiger partial charge on any atom is -0.480 e. The van der Waals surface area contributed by atoms with Gasteiger partial charge in [0.05, 0.1) is 12.7 Å². The molecule has 2 aromatic heterocycles. The third-order valence-corrected chi connectivity index (χ3v) is 9.57. The van der Waals surface area contributed by atoms with Crippen LogP contribution in [0, 0.1) is 11.8 Å². The Labute approximate surface area is 292 Å². The number of nitrogens with zero attached hydrogens (tertiary/aromatic N) is 8. The van der Waals surface area contributed by atoms with Gasteiger partial charge in [-0.15, -0.1) is 22.6 Å². The Morgan fingerprint density at radius 3 is 2.27 bits per heavy atom. The van der Waals surface area contributed by atoms with E-state index in [0.717, 1.165) is 74.1 Å². The predicted octanol–water partition coefficient (Wildman–Crippen LogP) is 2.70. The highest BCUT2D eigenvalue weighted by atomic mass is 35.5. The number of tetrazole rings is 1. The molecule has 1 aliphatic heterocycles. The van der Waals surface area contributed by atoms with Crippen LogP contribution in [0.4, 0.5) is 11.6 Å². The van der Waals surface area contributed by atoms with Crippen LogP contribution in [0.2, 0.25) is 0 Å². The second-order valence-electron chi connectivity index (χ2n) is 12.6. The number of benzene rings is 2. The van der Waals surface area contributed by atoms with Crippen molar-refractivity contribution in [2.45, 2.75) is 38.1 Å². The summed E-state index contributed by atoms with van der Waals surface area (Å²) in [7, 11) is 3.71. The standard InChI is InChI=1S/C34H43N11O3.ClH/c1-43-15-17-44(18-16-43)34-37-21-28(32(38-34)48-2)24-7-3-22(4-8-24)19-29(30(36)46)45(33(47)26-9-5-23(20-35)6-10-26)27-13-11-25(12-14-27)31-39-41-42-40-31;/h3-4,7-8,11-14,21,23,26,29H,5-6,9-10,15-20,35H2,1-2H3,(H2,36,46)(H,39,40,41,42);1H/t23-,26-,29-;/m0./s1. The van der Waals surface area contributed by atoms with Crippen molar-refractivity contribution in [1.82, 2.24) is 35.5 Å². The molecule has 1 saturated heterocycles. The molecule has 15 heteroatoms. The monoisotopic (exact) mass is 689 g/mol. The molecule has 2 amide bonds. The van der Waals surface area contributed by atoms with E-state index in [1.165, 1.54) is 0 Å². The molecule has 2 aromatic carbocycles. The average Bonchev–Trinajstić information content (AvgIpc) is 3.67. The molecule has 1 atom stereocenters. The SMILES string of the molecule is COc1nc(N2CCN(C)CC2)ncc1-c1ccc(C[C@@H](C(N)=O)N(c2ccc(-c3nn[nH]n3)cc2)C(=O)[C@H]2CC[C@H](CN)CC2)cc1.Cl. The number of piperazine rings is 1. The molecule has 0 unspecified atom stereocenters. The van der Waals surface area contributed by atoms with E-state index in [1.54, 1.807) is 30.3 Å². The third kappa shape index (κ3) is 8.15. The van der Waals surface area contributed by atoms with Gasteiger partial charge in [-0.25, -0.2) is 4.98 Å². The Morgan fingerprint density at radius 2 is 1.67 bits per heavy atom. The van der Waals surface area contributed by atoms with Crippen LogP contribution in [0.3, 0.4) is 0 Å². The van der Waals surface area contributed by atoms with Gasteiger partial charge in [0.1, 0.15) is 6.04 Å². The van der Waals surface area contributed by atoms with Gasteiger partial charge in [-0.1, -0.05) is 24.3 Å². The lowest BCUT2D eigenvalue weighted by atomic mass is 9.81. The molecule has 4 aromatic rings. The second kappa shape index (κ2) is 16.2. The van der Waals surface area contributed by atoms with E-state index in [-0.39, 0.29) is 30.7 Å². The minimum atomic E-state index is -0.910. The van der Waals surface area contributed by atoms with Gasteiger partial charge in [-0.3, -0.25) is 14.5 Å². The summed E-state index contributed by atoms with van der Waals surface area (Å²) in [5, 5.41) is 14.2. The number of aromatic amines is 1. The van der Waals surface area contributed by atoms with Crippen LogP contribution in [0.25, 0.3) is 22.5 Å². The Balaban J connectivity index is 0.00000468. The Bertz CT molecular complexity index is 1670. The summed E-state index contributed by atoms with van der Waals surface area (Å²) in [5.74, 6) is 1.06. The van der Waals surface area contributed by atoms with Crippen molar-refractivity contribution < 1.29 is 14.3 Å². The number of hydrogen-bond acceptors (Lipinski definition) is 11. The molecule has 0 spiro atoms. The first-order valence-electron chi connectivity index (χ1n) is 16.4. The molecule has 260 valence electrons. The van der Waals surface area contributed by atoms with E-state index < -0.39 is 11.9 Å². The summed E-state index contributed by atoms with van der Waals surface area (Å²) in [6.45, 7) is 4.22. The number of halogens is 1. The molecule has 0 radical (unpaired) electrons. The fourth-order valence-corrected chi connectivity index (χ4v) is 6.59. The largest absolute Gasteiger partial charge is 0.480 e. The van der Waals surface area contributed by atoms with Gasteiger partial charge in [0.15, 0.2) is 0 Å². The van der Waals surface area contributed by atoms with Crippen molar-refractivity contribution >= 4 is 35.9 Å². The number of carbonyl (C=O) groups excluding carboxylic acids is 2. The van der Waals surface area contributed by atoms with E-state index in [9.17, 15) is 9.59 Å². The van der Waals surface area contributed by atoms with Crippen molar-refractivity contribution in [1.29, 1.82) is 0 Å². The van der Waals surface area contributed by atoms with Crippen LogP contribution >= 0.6 is 12.4 Å². The van der Waals surface area contributed by atoms with Crippen LogP contribution in [0.1, 0.15) is 31.2 Å². The first-order chi connectivity index (χ1) is 23.3. The lowest BCUT2D eigenvalue weighted by Crippen LogP contribution is -2.52. The molecule has 2 aliphatic rings. The lowest BCUT2D eigenvalue weighted by molar-refractivity contribution is -0.127. The van der Waals surface area contributed by atoms with Gasteiger partial charge in [-0.2, -0.15) is 10.2 Å². The highest BCUT2D eigenvalue weighted by Crippen LogP contribution is 2.34. The van der Waals surface area contributed by atoms with Crippen molar-refractivity contribution in [3.63, 3.8) is 0 Å². The zero-order chi connectivity index (χ0) is 33.6. The number of ether oxygens (including phenoxy) is 1. The number of primary amides is 1. The second-order valence-corrected chi connectivity index (χ2v) is 12.6. The molecule has 3 heterocycles. The van der Waals surface area contributed by atoms with Crippen LogP contribution < -0.4 is 26.0 Å². The first-order valence-corrected chi connectivity index (χ1v) is 16.4. The van der Waals surface area contributed by atoms with Gasteiger partial charge >= 0.3 is 0 Å². The molecule has 1 aliphatic carbocycles. The number of amides is 2. The Morgan fingerprint density at radius 1 is 1.00 bits per heavy atom. The molecule has 14 nitrogen and oxygen atoms in total. The quantitative estimate of drug-likeness (QED) is 0.210. The normalized spacial score (nSPS) is 18.7. The molecule has 1 saturated carbocycles. The smallest absolute Gasteiger partial charge is 0.240 e. The molecule has 0 bridgehead atoms. The number of H-pyrrole nitrogens is 1. The summed E-state index contributed by atoms with van der Waals surface area (Å²) < 4.78 is 5.68. The predicted molar refractivity (Wildman–Crippen MR) is 189 cm³/mol. The van der Waals surface area contributed by atoms with Crippen LogP contribution in [-0.4, -0.2) is 100 Å². The number of rotatable bonds is 11. The highest BCUT2D eigenvalue weighted by molar-refractivity contribution is 6.01. The summed E-state index contributed by atoms with van der Waals surface area (Å²) in [6.07, 6.45) is 5.22. The van der Waals surface area contributed by atoms with Crippen molar-refractivity contribution in [2.75, 3.05) is 56.7 Å². The van der Waals surface area contributed by atoms with Gasteiger partial charge in [0.2, 0.25) is 29.5 Å². The van der Waals surface area contributed by atoms with Crippen molar-refractivity contribution in [3.8, 4) is 28.4 Å². The molecule has 2 fully saturated rings. The van der Waals surface area contributed by atoms with E-state index in [2.05, 4.69) is 42.5 Å². The Kier molecular flexibility index (Phi) is 11.8. The molecule has 6 rings (SSSR count). The lowest BCUT2D eigenvalue weighted by Gasteiger charge is -2.35. The summed E-state index contributed by atoms with van der Waals surface area (Å²) in [6, 6.07) is 14.1. The number of nitrogens with one attached hydrogen (secondary N) is 1. The highest BCUT2D eigenvalue weighted by Gasteiger charge is 2.36. The zero-order valence-corrected chi connectivity index (χ0v) is 28.7. The van der Waals surface area contributed by atoms with E-state index in [4.69, 9.17) is 21.2 Å². The van der Waals surface area contributed by atoms with Crippen molar-refractivity contribution in [2.24, 2.45) is 23.3 Å². The van der Waals surface area contributed by atoms with E-state index in [1.807, 2.05) is 36.4 Å². The van der Waals surface area contributed by atoms with Crippen LogP contribution in [0.15, 0.2) is 54.7 Å². The third-order valence-electron chi connectivity index (χ3n) is 9.57. The number of nitrogens with two attached hydrogens (primary N) is 2. The Hall–Kier alpha value is -4.66. The molecular formula is C34H44ClN11O3. The number of methoxy groups -OCH3 is 1. The van der Waals surface area contributed by atoms with Crippen LogP contribution in [0.5, 0.6) is 5.88 Å². The topological polar surface area (TPSA) is 185 Å². The van der Waals surface area contributed by atoms with Gasteiger partial charge in [-0.05, 0) is 85.8 Å². The fraction of sp³-hybridized carbons (Fsp3) is 0.441.